The van der Waals surface area contributed by atoms with E-state index in [0.29, 0.717) is 15.9 Å². The molecule has 0 unspecified atom stereocenters. The number of halogens is 2. The third-order valence-corrected chi connectivity index (χ3v) is 3.81. The molecule has 0 saturated heterocycles. The Bertz CT molecular complexity index is 610. The second-order valence-corrected chi connectivity index (χ2v) is 5.34. The number of hydrogen-bond donors (Lipinski definition) is 2. The van der Waals surface area contributed by atoms with E-state index in [1.54, 1.807) is 6.07 Å². The highest BCUT2D eigenvalue weighted by Gasteiger charge is 2.08. The molecule has 2 aromatic rings. The van der Waals surface area contributed by atoms with Crippen LogP contribution in [0.4, 0.5) is 23.0 Å². The zero-order chi connectivity index (χ0) is 15.4. The smallest absolute Gasteiger partial charge is 0.151 e. The van der Waals surface area contributed by atoms with Gasteiger partial charge in [0, 0.05) is 24.5 Å². The predicted molar refractivity (Wildman–Crippen MR) is 92.0 cm³/mol. The lowest BCUT2D eigenvalue weighted by Crippen LogP contribution is -2.21. The number of anilines is 4. The van der Waals surface area contributed by atoms with Crippen molar-refractivity contribution in [1.29, 1.82) is 0 Å². The van der Waals surface area contributed by atoms with Crippen molar-refractivity contribution in [1.82, 2.24) is 4.98 Å². The number of nitrogens with two attached hydrogens (primary N) is 1. The normalized spacial score (nSPS) is 10.5. The summed E-state index contributed by atoms with van der Waals surface area (Å²) in [6, 6.07) is 9.66. The van der Waals surface area contributed by atoms with E-state index in [-0.39, 0.29) is 5.82 Å². The molecular formula is C15H18Cl2N4. The zero-order valence-electron chi connectivity index (χ0n) is 12.0. The van der Waals surface area contributed by atoms with Crippen molar-refractivity contribution in [3.63, 3.8) is 0 Å². The fraction of sp³-hybridized carbons (Fsp3) is 0.267. The Morgan fingerprint density at radius 2 is 1.71 bits per heavy atom. The van der Waals surface area contributed by atoms with Gasteiger partial charge in [-0.15, -0.1) is 0 Å². The molecule has 21 heavy (non-hydrogen) atoms. The molecular weight excluding hydrogens is 307 g/mol. The summed E-state index contributed by atoms with van der Waals surface area (Å²) in [7, 11) is 0. The molecule has 0 aliphatic heterocycles. The lowest BCUT2D eigenvalue weighted by atomic mass is 10.2. The number of nitrogens with zero attached hydrogens (tertiary/aromatic N) is 2. The molecule has 3 N–H and O–H groups in total. The SMILES string of the molecule is CCN(CC)c1ccc(Nc2nc(N)c(Cl)cc2Cl)cc1. The molecule has 112 valence electrons. The van der Waals surface area contributed by atoms with Crippen molar-refractivity contribution in [3.05, 3.63) is 40.4 Å². The Labute approximate surface area is 134 Å². The fourth-order valence-corrected chi connectivity index (χ4v) is 2.46. The van der Waals surface area contributed by atoms with Gasteiger partial charge >= 0.3 is 0 Å². The highest BCUT2D eigenvalue weighted by Crippen LogP contribution is 2.30. The van der Waals surface area contributed by atoms with Crippen LogP contribution in [0.3, 0.4) is 0 Å². The molecule has 2 rings (SSSR count). The van der Waals surface area contributed by atoms with E-state index in [9.17, 15) is 0 Å². The first-order valence-corrected chi connectivity index (χ1v) is 7.54. The number of rotatable bonds is 5. The molecule has 6 heteroatoms. The molecule has 0 fully saturated rings. The van der Waals surface area contributed by atoms with Gasteiger partial charge in [0.15, 0.2) is 5.82 Å². The average molecular weight is 325 g/mol. The predicted octanol–water partition coefficient (Wildman–Crippen LogP) is 4.56. The minimum Gasteiger partial charge on any atom is -0.382 e. The van der Waals surface area contributed by atoms with Crippen LogP contribution < -0.4 is 16.0 Å². The average Bonchev–Trinajstić information content (AvgIpc) is 2.48. The van der Waals surface area contributed by atoms with Gasteiger partial charge in [0.2, 0.25) is 0 Å². The highest BCUT2D eigenvalue weighted by molar-refractivity contribution is 6.37. The highest BCUT2D eigenvalue weighted by atomic mass is 35.5. The number of benzene rings is 1. The van der Waals surface area contributed by atoms with Gasteiger partial charge in [-0.1, -0.05) is 23.2 Å². The van der Waals surface area contributed by atoms with Crippen molar-refractivity contribution < 1.29 is 0 Å². The van der Waals surface area contributed by atoms with E-state index >= 15 is 0 Å². The summed E-state index contributed by atoms with van der Waals surface area (Å²) in [6.45, 7) is 6.22. The summed E-state index contributed by atoms with van der Waals surface area (Å²) in [5.41, 5.74) is 7.77. The van der Waals surface area contributed by atoms with Gasteiger partial charge in [0.25, 0.3) is 0 Å². The third kappa shape index (κ3) is 3.71. The topological polar surface area (TPSA) is 54.2 Å². The monoisotopic (exact) mass is 324 g/mol. The Morgan fingerprint density at radius 3 is 2.29 bits per heavy atom. The second-order valence-electron chi connectivity index (χ2n) is 4.53. The van der Waals surface area contributed by atoms with Gasteiger partial charge in [0.1, 0.15) is 5.82 Å². The van der Waals surface area contributed by atoms with Crippen LogP contribution in [0.2, 0.25) is 10.0 Å². The molecule has 0 amide bonds. The number of pyridine rings is 1. The first-order valence-electron chi connectivity index (χ1n) is 6.78. The molecule has 1 heterocycles. The molecule has 4 nitrogen and oxygen atoms in total. The Morgan fingerprint density at radius 1 is 1.10 bits per heavy atom. The molecule has 0 bridgehead atoms. The summed E-state index contributed by atoms with van der Waals surface area (Å²) in [4.78, 5) is 6.42. The largest absolute Gasteiger partial charge is 0.382 e. The van der Waals surface area contributed by atoms with Gasteiger partial charge in [-0.05, 0) is 44.2 Å². The summed E-state index contributed by atoms with van der Waals surface area (Å²) >= 11 is 12.0. The quantitative estimate of drug-likeness (QED) is 0.846. The molecule has 0 atom stereocenters. The van der Waals surface area contributed by atoms with Crippen LogP contribution in [-0.2, 0) is 0 Å². The lowest BCUT2D eigenvalue weighted by Gasteiger charge is -2.21. The number of nitrogen functional groups attached to an aromatic ring is 1. The van der Waals surface area contributed by atoms with Gasteiger partial charge in [0.05, 0.1) is 10.0 Å². The zero-order valence-corrected chi connectivity index (χ0v) is 13.5. The first kappa shape index (κ1) is 15.7. The summed E-state index contributed by atoms with van der Waals surface area (Å²) in [5, 5.41) is 3.92. The van der Waals surface area contributed by atoms with E-state index in [2.05, 4.69) is 41.2 Å². The molecule has 0 aliphatic carbocycles. The van der Waals surface area contributed by atoms with Crippen LogP contribution in [0, 0.1) is 0 Å². The van der Waals surface area contributed by atoms with Gasteiger partial charge in [-0.25, -0.2) is 4.98 Å². The van der Waals surface area contributed by atoms with Crippen LogP contribution in [0.15, 0.2) is 30.3 Å². The van der Waals surface area contributed by atoms with Crippen molar-refractivity contribution in [3.8, 4) is 0 Å². The van der Waals surface area contributed by atoms with Crippen LogP contribution in [0.5, 0.6) is 0 Å². The molecule has 0 saturated carbocycles. The van der Waals surface area contributed by atoms with Crippen LogP contribution >= 0.6 is 23.2 Å². The van der Waals surface area contributed by atoms with Crippen molar-refractivity contribution in [2.24, 2.45) is 0 Å². The maximum absolute atomic E-state index is 6.10. The maximum Gasteiger partial charge on any atom is 0.151 e. The van der Waals surface area contributed by atoms with Crippen LogP contribution in [0.25, 0.3) is 0 Å². The van der Waals surface area contributed by atoms with Crippen molar-refractivity contribution in [2.75, 3.05) is 29.0 Å². The molecule has 0 aliphatic rings. The van der Waals surface area contributed by atoms with Crippen LogP contribution in [-0.4, -0.2) is 18.1 Å². The summed E-state index contributed by atoms with van der Waals surface area (Å²) in [6.07, 6.45) is 0. The minimum absolute atomic E-state index is 0.253. The number of hydrogen-bond acceptors (Lipinski definition) is 4. The van der Waals surface area contributed by atoms with Crippen LogP contribution in [0.1, 0.15) is 13.8 Å². The minimum atomic E-state index is 0.253. The van der Waals surface area contributed by atoms with E-state index in [1.165, 1.54) is 5.69 Å². The molecule has 0 radical (unpaired) electrons. The van der Waals surface area contributed by atoms with E-state index < -0.39 is 0 Å². The van der Waals surface area contributed by atoms with Gasteiger partial charge < -0.3 is 16.0 Å². The van der Waals surface area contributed by atoms with Gasteiger partial charge in [-0.3, -0.25) is 0 Å². The molecule has 1 aromatic carbocycles. The lowest BCUT2D eigenvalue weighted by molar-refractivity contribution is 0.866. The third-order valence-electron chi connectivity index (χ3n) is 3.22. The standard InChI is InChI=1S/C15H18Cl2N4/c1-3-21(4-2)11-7-5-10(6-8-11)19-15-13(17)9-12(16)14(18)20-15/h5-9H,3-4H2,1-2H3,(H3,18,19,20). The van der Waals surface area contributed by atoms with E-state index in [0.717, 1.165) is 18.8 Å². The number of aromatic nitrogens is 1. The maximum atomic E-state index is 6.10. The van der Waals surface area contributed by atoms with Crippen molar-refractivity contribution in [2.45, 2.75) is 13.8 Å². The van der Waals surface area contributed by atoms with Gasteiger partial charge in [-0.2, -0.15) is 0 Å². The number of nitrogens with one attached hydrogen (secondary N) is 1. The summed E-state index contributed by atoms with van der Waals surface area (Å²) < 4.78 is 0. The Balaban J connectivity index is 2.19. The van der Waals surface area contributed by atoms with E-state index in [4.69, 9.17) is 28.9 Å². The first-order chi connectivity index (χ1) is 10.0. The van der Waals surface area contributed by atoms with E-state index in [1.807, 2.05) is 12.1 Å². The Hall–Kier alpha value is -1.65. The summed E-state index contributed by atoms with van der Waals surface area (Å²) in [5.74, 6) is 0.748. The Kier molecular flexibility index (Phi) is 5.15. The van der Waals surface area contributed by atoms with Crippen molar-refractivity contribution >= 4 is 46.2 Å². The molecule has 0 spiro atoms. The molecule has 1 aromatic heterocycles. The fourth-order valence-electron chi connectivity index (χ4n) is 2.05. The second kappa shape index (κ2) is 6.87.